The molecule has 4 heteroatoms. The van der Waals surface area contributed by atoms with Gasteiger partial charge in [-0.2, -0.15) is 0 Å². The van der Waals surface area contributed by atoms with Gasteiger partial charge in [0.25, 0.3) is 0 Å². The quantitative estimate of drug-likeness (QED) is 0.696. The molecular weight excluding hydrogens is 348 g/mol. The molecule has 0 aliphatic heterocycles. The van der Waals surface area contributed by atoms with Crippen molar-refractivity contribution in [3.05, 3.63) is 0 Å². The van der Waals surface area contributed by atoms with Crippen LogP contribution in [0.3, 0.4) is 0 Å². The van der Waals surface area contributed by atoms with Crippen molar-refractivity contribution in [1.29, 1.82) is 0 Å². The van der Waals surface area contributed by atoms with Crippen LogP contribution in [0.15, 0.2) is 0 Å². The largest absolute Gasteiger partial charge is 0.273 e. The van der Waals surface area contributed by atoms with Gasteiger partial charge < -0.3 is 0 Å². The van der Waals surface area contributed by atoms with Crippen molar-refractivity contribution in [2.75, 3.05) is 0 Å². The highest BCUT2D eigenvalue weighted by Crippen LogP contribution is 2.66. The predicted octanol–water partition coefficient (Wildman–Crippen LogP) is 4.35. The summed E-state index contributed by atoms with van der Waals surface area (Å²) in [6.07, 6.45) is 14.0. The molecule has 0 spiro atoms. The minimum Gasteiger partial charge on any atom is -0.273 e. The number of rotatable bonds is 2. The van der Waals surface area contributed by atoms with Crippen molar-refractivity contribution in [3.8, 4) is 0 Å². The molecule has 0 radical (unpaired) electrons. The van der Waals surface area contributed by atoms with E-state index in [1.807, 2.05) is 0 Å². The van der Waals surface area contributed by atoms with Gasteiger partial charge in [0.05, 0.1) is 10.8 Å². The lowest BCUT2D eigenvalue weighted by Gasteiger charge is -2.61. The normalized spacial score (nSPS) is 55.4. The fourth-order valence-corrected chi connectivity index (χ4v) is 10.4. The molecule has 6 atom stereocenters. The maximum Gasteiger partial charge on any atom is 0.244 e. The third kappa shape index (κ3) is 2.48. The molecule has 2 unspecified atom stereocenters. The van der Waals surface area contributed by atoms with E-state index in [1.165, 1.54) is 38.5 Å². The van der Waals surface area contributed by atoms with E-state index in [2.05, 4.69) is 24.7 Å². The minimum absolute atomic E-state index is 0.108. The van der Waals surface area contributed by atoms with Crippen molar-refractivity contribution < 1.29 is 9.59 Å². The van der Waals surface area contributed by atoms with E-state index in [-0.39, 0.29) is 22.6 Å². The molecule has 0 aromatic carbocycles. The Morgan fingerprint density at radius 2 is 0.929 bits per heavy atom. The van der Waals surface area contributed by atoms with Crippen molar-refractivity contribution in [1.82, 2.24) is 10.9 Å². The van der Waals surface area contributed by atoms with E-state index in [9.17, 15) is 9.59 Å². The van der Waals surface area contributed by atoms with Crippen LogP contribution in [0.4, 0.5) is 0 Å². The summed E-state index contributed by atoms with van der Waals surface area (Å²) >= 11 is 0. The number of carbonyl (C=O) groups is 2. The van der Waals surface area contributed by atoms with Crippen LogP contribution in [0.2, 0.25) is 0 Å². The molecule has 0 saturated heterocycles. The average molecular weight is 385 g/mol. The number of hydrogen-bond donors (Lipinski definition) is 2. The van der Waals surface area contributed by atoms with Crippen molar-refractivity contribution in [2.24, 2.45) is 45.3 Å². The summed E-state index contributed by atoms with van der Waals surface area (Å²) < 4.78 is 0. The standard InChI is InChI=1S/C24H36N2O2/c1-21-5-15-3-16(6-21)10-23(9-15,13-21)19(27)25-26-20(28)24-11-17-4-18(12-24)8-22(2,7-17)14-24/h15-18H,3-14H2,1-2H3,(H,25,27)(H,26,28)/t15-,16-,17-,18+,21?,22?,23?,24?/m1/s1. The highest BCUT2D eigenvalue weighted by Gasteiger charge is 2.60. The Hall–Kier alpha value is -1.06. The summed E-state index contributed by atoms with van der Waals surface area (Å²) in [4.78, 5) is 26.6. The Morgan fingerprint density at radius 3 is 1.21 bits per heavy atom. The Balaban J connectivity index is 1.16. The number of carbonyl (C=O) groups excluding carboxylic acids is 2. The first-order valence-corrected chi connectivity index (χ1v) is 11.8. The average Bonchev–Trinajstić information content (AvgIpc) is 2.54. The molecule has 2 N–H and O–H groups in total. The van der Waals surface area contributed by atoms with E-state index in [0.717, 1.165) is 62.2 Å². The lowest BCUT2D eigenvalue weighted by atomic mass is 9.44. The van der Waals surface area contributed by atoms with Gasteiger partial charge in [-0.25, -0.2) is 0 Å². The first-order chi connectivity index (χ1) is 13.2. The summed E-state index contributed by atoms with van der Waals surface area (Å²) in [6, 6.07) is 0. The molecule has 154 valence electrons. The molecule has 2 amide bonds. The summed E-state index contributed by atoms with van der Waals surface area (Å²) in [5.41, 5.74) is 6.16. The van der Waals surface area contributed by atoms with Gasteiger partial charge in [0.15, 0.2) is 0 Å². The smallest absolute Gasteiger partial charge is 0.244 e. The lowest BCUT2D eigenvalue weighted by Crippen LogP contribution is -2.62. The molecule has 0 heterocycles. The molecule has 8 bridgehead atoms. The van der Waals surface area contributed by atoms with Gasteiger partial charge in [-0.1, -0.05) is 13.8 Å². The minimum atomic E-state index is -0.223. The molecule has 8 aliphatic carbocycles. The SMILES string of the molecule is CC12C[C@H]3C[C@H](C1)CC(C(=O)NNC(=O)C14C[C@@H]5C[C@@H](CC(C)(C5)C1)C4)(C3)C2. The Morgan fingerprint density at radius 1 is 0.607 bits per heavy atom. The zero-order valence-electron chi connectivity index (χ0n) is 17.6. The summed E-state index contributed by atoms with van der Waals surface area (Å²) in [5, 5.41) is 0. The van der Waals surface area contributed by atoms with Gasteiger partial charge >= 0.3 is 0 Å². The third-order valence-corrected chi connectivity index (χ3v) is 9.96. The fraction of sp³-hybridized carbons (Fsp3) is 0.917. The van der Waals surface area contributed by atoms with E-state index < -0.39 is 0 Å². The van der Waals surface area contributed by atoms with Crippen LogP contribution in [0.25, 0.3) is 0 Å². The first-order valence-electron chi connectivity index (χ1n) is 11.8. The molecule has 8 fully saturated rings. The van der Waals surface area contributed by atoms with Crippen molar-refractivity contribution >= 4 is 11.8 Å². The van der Waals surface area contributed by atoms with Gasteiger partial charge in [-0.3, -0.25) is 20.4 Å². The van der Waals surface area contributed by atoms with Crippen LogP contribution in [-0.4, -0.2) is 11.8 Å². The number of amides is 2. The second-order valence-corrected chi connectivity index (χ2v) is 13.0. The maximum atomic E-state index is 13.3. The van der Waals surface area contributed by atoms with Gasteiger partial charge in [0.2, 0.25) is 11.8 Å². The van der Waals surface area contributed by atoms with Crippen molar-refractivity contribution in [3.63, 3.8) is 0 Å². The van der Waals surface area contributed by atoms with Gasteiger partial charge in [0, 0.05) is 0 Å². The summed E-state index contributed by atoms with van der Waals surface area (Å²) in [6.45, 7) is 4.78. The zero-order valence-corrected chi connectivity index (χ0v) is 17.6. The molecule has 8 rings (SSSR count). The number of hydrazine groups is 1. The maximum absolute atomic E-state index is 13.3. The molecule has 4 nitrogen and oxygen atoms in total. The molecular formula is C24H36N2O2. The zero-order chi connectivity index (χ0) is 19.4. The van der Waals surface area contributed by atoms with Crippen LogP contribution < -0.4 is 10.9 Å². The summed E-state index contributed by atoms with van der Waals surface area (Å²) in [5.74, 6) is 3.09. The third-order valence-electron chi connectivity index (χ3n) is 9.96. The fourth-order valence-electron chi connectivity index (χ4n) is 10.4. The van der Waals surface area contributed by atoms with E-state index in [0.29, 0.717) is 10.8 Å². The van der Waals surface area contributed by atoms with E-state index in [4.69, 9.17) is 0 Å². The van der Waals surface area contributed by atoms with Crippen LogP contribution >= 0.6 is 0 Å². The van der Waals surface area contributed by atoms with Crippen LogP contribution in [-0.2, 0) is 9.59 Å². The second kappa shape index (κ2) is 5.35. The topological polar surface area (TPSA) is 58.2 Å². The Bertz CT molecular complexity index is 653. The van der Waals surface area contributed by atoms with E-state index >= 15 is 0 Å². The highest BCUT2D eigenvalue weighted by atomic mass is 16.2. The first kappa shape index (κ1) is 17.8. The Labute approximate surface area is 168 Å². The molecule has 8 aliphatic rings. The molecule has 0 aromatic rings. The summed E-state index contributed by atoms with van der Waals surface area (Å²) in [7, 11) is 0. The lowest BCUT2D eigenvalue weighted by molar-refractivity contribution is -0.163. The van der Waals surface area contributed by atoms with Crippen LogP contribution in [0.1, 0.15) is 90.9 Å². The number of nitrogens with one attached hydrogen (secondary N) is 2. The Kier molecular flexibility index (Phi) is 3.39. The van der Waals surface area contributed by atoms with Crippen molar-refractivity contribution in [2.45, 2.75) is 90.9 Å². The van der Waals surface area contributed by atoms with Crippen LogP contribution in [0, 0.1) is 45.3 Å². The van der Waals surface area contributed by atoms with Crippen LogP contribution in [0.5, 0.6) is 0 Å². The van der Waals surface area contributed by atoms with Gasteiger partial charge in [0.1, 0.15) is 0 Å². The van der Waals surface area contributed by atoms with Gasteiger partial charge in [-0.05, 0) is 112 Å². The second-order valence-electron chi connectivity index (χ2n) is 13.0. The van der Waals surface area contributed by atoms with Gasteiger partial charge in [-0.15, -0.1) is 0 Å². The highest BCUT2D eigenvalue weighted by molar-refractivity contribution is 5.88. The monoisotopic (exact) mass is 384 g/mol. The van der Waals surface area contributed by atoms with E-state index in [1.54, 1.807) is 0 Å². The molecule has 0 aromatic heterocycles. The number of hydrogen-bond acceptors (Lipinski definition) is 2. The predicted molar refractivity (Wildman–Crippen MR) is 107 cm³/mol. The molecule has 8 saturated carbocycles. The molecule has 28 heavy (non-hydrogen) atoms.